The molecule has 0 bridgehead atoms. The molecule has 0 saturated heterocycles. The molecule has 0 aliphatic carbocycles. The second-order valence-electron chi connectivity index (χ2n) is 6.60. The summed E-state index contributed by atoms with van der Waals surface area (Å²) in [7, 11) is 0. The second kappa shape index (κ2) is 8.24. The largest absolute Gasteiger partial charge is 0.338 e. The Morgan fingerprint density at radius 3 is 2.38 bits per heavy atom. The summed E-state index contributed by atoms with van der Waals surface area (Å²) in [5, 5.41) is 17.5. The Bertz CT molecular complexity index is 1160. The lowest BCUT2D eigenvalue weighted by Gasteiger charge is -2.13. The van der Waals surface area contributed by atoms with E-state index in [-0.39, 0.29) is 5.91 Å². The third-order valence-electron chi connectivity index (χ3n) is 4.40. The second-order valence-corrected chi connectivity index (χ2v) is 7.04. The number of nitrogens with zero attached hydrogens (tertiary/aromatic N) is 3. The van der Waals surface area contributed by atoms with E-state index in [0.717, 1.165) is 27.7 Å². The van der Waals surface area contributed by atoms with Gasteiger partial charge in [-0.2, -0.15) is 5.10 Å². The summed E-state index contributed by atoms with van der Waals surface area (Å²) in [4.78, 5) is 15.6. The summed E-state index contributed by atoms with van der Waals surface area (Å²) in [6, 6.07) is 17.0. The van der Waals surface area contributed by atoms with E-state index >= 15 is 0 Å². The van der Waals surface area contributed by atoms with Crippen LogP contribution < -0.4 is 10.6 Å². The van der Waals surface area contributed by atoms with Crippen molar-refractivity contribution in [3.63, 3.8) is 0 Å². The van der Waals surface area contributed by atoms with E-state index in [1.54, 1.807) is 24.5 Å². The third-order valence-corrected chi connectivity index (χ3v) is 4.66. The van der Waals surface area contributed by atoms with Gasteiger partial charge in [0.2, 0.25) is 5.91 Å². The molecular formula is C22H18ClN5O. The molecule has 4 aromatic rings. The molecule has 0 atom stereocenters. The SMILES string of the molecule is CC(=O)Nc1ccc2c(Cc3ccncc3)nnc(Nc3ccc(Cl)cc3)c2c1. The number of rotatable bonds is 5. The average molecular weight is 404 g/mol. The number of halogens is 1. The molecule has 0 spiro atoms. The van der Waals surface area contributed by atoms with Gasteiger partial charge >= 0.3 is 0 Å². The third kappa shape index (κ3) is 4.50. The van der Waals surface area contributed by atoms with E-state index in [9.17, 15) is 4.79 Å². The number of hydrogen-bond donors (Lipinski definition) is 2. The van der Waals surface area contributed by atoms with Gasteiger partial charge in [0.15, 0.2) is 5.82 Å². The van der Waals surface area contributed by atoms with Gasteiger partial charge in [-0.15, -0.1) is 5.10 Å². The summed E-state index contributed by atoms with van der Waals surface area (Å²) < 4.78 is 0. The number of nitrogens with one attached hydrogen (secondary N) is 2. The predicted molar refractivity (Wildman–Crippen MR) is 116 cm³/mol. The first-order valence-corrected chi connectivity index (χ1v) is 9.45. The van der Waals surface area contributed by atoms with Crippen LogP contribution in [-0.2, 0) is 11.2 Å². The normalized spacial score (nSPS) is 10.7. The zero-order valence-corrected chi connectivity index (χ0v) is 16.4. The molecule has 2 aromatic carbocycles. The number of amides is 1. The van der Waals surface area contributed by atoms with Crippen LogP contribution in [0.1, 0.15) is 18.2 Å². The predicted octanol–water partition coefficient (Wildman–Crippen LogP) is 4.97. The van der Waals surface area contributed by atoms with E-state index in [1.165, 1.54) is 6.92 Å². The summed E-state index contributed by atoms with van der Waals surface area (Å²) >= 11 is 5.98. The van der Waals surface area contributed by atoms with E-state index < -0.39 is 0 Å². The first kappa shape index (κ1) is 18.8. The molecule has 144 valence electrons. The van der Waals surface area contributed by atoms with Crippen molar-refractivity contribution in [3.05, 3.63) is 83.3 Å². The fourth-order valence-electron chi connectivity index (χ4n) is 3.08. The summed E-state index contributed by atoms with van der Waals surface area (Å²) in [6.07, 6.45) is 4.15. The number of pyridine rings is 1. The van der Waals surface area contributed by atoms with Crippen molar-refractivity contribution in [3.8, 4) is 0 Å². The van der Waals surface area contributed by atoms with Crippen LogP contribution in [0.25, 0.3) is 10.8 Å². The number of fused-ring (bicyclic) bond motifs is 1. The maximum Gasteiger partial charge on any atom is 0.221 e. The Hall–Kier alpha value is -3.51. The number of anilines is 3. The Kier molecular flexibility index (Phi) is 5.35. The average Bonchev–Trinajstić information content (AvgIpc) is 2.72. The highest BCUT2D eigenvalue weighted by Crippen LogP contribution is 2.30. The number of carbonyl (C=O) groups excluding carboxylic acids is 1. The first-order chi connectivity index (χ1) is 14.1. The summed E-state index contributed by atoms with van der Waals surface area (Å²) in [5.74, 6) is 0.476. The van der Waals surface area contributed by atoms with Gasteiger partial charge in [0.05, 0.1) is 5.69 Å². The molecule has 0 unspecified atom stereocenters. The Labute approximate surface area is 173 Å². The van der Waals surface area contributed by atoms with Crippen LogP contribution in [0.3, 0.4) is 0 Å². The van der Waals surface area contributed by atoms with Gasteiger partial charge in [0.25, 0.3) is 0 Å². The van der Waals surface area contributed by atoms with Crippen LogP contribution in [-0.4, -0.2) is 21.1 Å². The molecule has 7 heteroatoms. The van der Waals surface area contributed by atoms with Crippen LogP contribution in [0.15, 0.2) is 67.0 Å². The molecule has 0 aliphatic rings. The maximum absolute atomic E-state index is 11.5. The molecule has 6 nitrogen and oxygen atoms in total. The van der Waals surface area contributed by atoms with E-state index in [4.69, 9.17) is 11.6 Å². The molecule has 2 aromatic heterocycles. The summed E-state index contributed by atoms with van der Waals surface area (Å²) in [5.41, 5.74) is 3.49. The van der Waals surface area contributed by atoms with Gasteiger partial charge < -0.3 is 10.6 Å². The highest BCUT2D eigenvalue weighted by molar-refractivity contribution is 6.30. The monoisotopic (exact) mass is 403 g/mol. The minimum Gasteiger partial charge on any atom is -0.338 e. The minimum atomic E-state index is -0.129. The lowest BCUT2D eigenvalue weighted by atomic mass is 10.0. The van der Waals surface area contributed by atoms with E-state index in [1.807, 2.05) is 42.5 Å². The summed E-state index contributed by atoms with van der Waals surface area (Å²) in [6.45, 7) is 1.48. The topological polar surface area (TPSA) is 79.8 Å². The van der Waals surface area contributed by atoms with E-state index in [0.29, 0.717) is 22.9 Å². The molecule has 0 fully saturated rings. The van der Waals surface area contributed by atoms with Crippen LogP contribution in [0.5, 0.6) is 0 Å². The Morgan fingerprint density at radius 2 is 1.66 bits per heavy atom. The highest BCUT2D eigenvalue weighted by atomic mass is 35.5. The van der Waals surface area contributed by atoms with Crippen LogP contribution in [0, 0.1) is 0 Å². The van der Waals surface area contributed by atoms with Gasteiger partial charge in [0, 0.05) is 52.9 Å². The highest BCUT2D eigenvalue weighted by Gasteiger charge is 2.12. The van der Waals surface area contributed by atoms with Crippen LogP contribution in [0.4, 0.5) is 17.2 Å². The smallest absolute Gasteiger partial charge is 0.221 e. The molecular weight excluding hydrogens is 386 g/mol. The lowest BCUT2D eigenvalue weighted by molar-refractivity contribution is -0.114. The molecule has 1 amide bonds. The van der Waals surface area contributed by atoms with Crippen molar-refractivity contribution in [2.24, 2.45) is 0 Å². The fourth-order valence-corrected chi connectivity index (χ4v) is 3.20. The van der Waals surface area contributed by atoms with E-state index in [2.05, 4.69) is 25.8 Å². The molecule has 0 radical (unpaired) electrons. The van der Waals surface area contributed by atoms with Crippen molar-refractivity contribution in [1.82, 2.24) is 15.2 Å². The number of hydrogen-bond acceptors (Lipinski definition) is 5. The quantitative estimate of drug-likeness (QED) is 0.491. The fraction of sp³-hybridized carbons (Fsp3) is 0.0909. The Balaban J connectivity index is 1.78. The van der Waals surface area contributed by atoms with Crippen molar-refractivity contribution >= 4 is 45.5 Å². The lowest BCUT2D eigenvalue weighted by Crippen LogP contribution is -2.07. The van der Waals surface area contributed by atoms with Gasteiger partial charge in [-0.1, -0.05) is 17.7 Å². The molecule has 2 N–H and O–H groups in total. The number of aromatic nitrogens is 3. The van der Waals surface area contributed by atoms with Crippen molar-refractivity contribution in [2.75, 3.05) is 10.6 Å². The number of carbonyl (C=O) groups is 1. The molecule has 0 aliphatic heterocycles. The van der Waals surface area contributed by atoms with Crippen LogP contribution >= 0.6 is 11.6 Å². The Morgan fingerprint density at radius 1 is 0.931 bits per heavy atom. The van der Waals surface area contributed by atoms with Gasteiger partial charge in [-0.05, 0) is 54.1 Å². The van der Waals surface area contributed by atoms with Crippen molar-refractivity contribution in [2.45, 2.75) is 13.3 Å². The molecule has 0 saturated carbocycles. The van der Waals surface area contributed by atoms with Gasteiger partial charge in [-0.3, -0.25) is 9.78 Å². The molecule has 29 heavy (non-hydrogen) atoms. The standard InChI is InChI=1S/C22H18ClN5O/c1-14(29)25-18-6-7-19-20(13-18)22(26-17-4-2-16(23)3-5-17)28-27-21(19)12-15-8-10-24-11-9-15/h2-11,13H,12H2,1H3,(H,25,29)(H,26,28). The minimum absolute atomic E-state index is 0.129. The van der Waals surface area contributed by atoms with Gasteiger partial charge in [-0.25, -0.2) is 0 Å². The van der Waals surface area contributed by atoms with Crippen molar-refractivity contribution in [1.29, 1.82) is 0 Å². The molecule has 2 heterocycles. The zero-order valence-electron chi connectivity index (χ0n) is 15.7. The number of benzene rings is 2. The van der Waals surface area contributed by atoms with Crippen molar-refractivity contribution < 1.29 is 4.79 Å². The maximum atomic E-state index is 11.5. The first-order valence-electron chi connectivity index (χ1n) is 9.07. The molecule has 4 rings (SSSR count). The zero-order chi connectivity index (χ0) is 20.2. The van der Waals surface area contributed by atoms with Crippen LogP contribution in [0.2, 0.25) is 5.02 Å². The van der Waals surface area contributed by atoms with Gasteiger partial charge in [0.1, 0.15) is 0 Å².